The van der Waals surface area contributed by atoms with Crippen LogP contribution in [0, 0.1) is 0 Å². The van der Waals surface area contributed by atoms with Crippen molar-refractivity contribution in [1.82, 2.24) is 4.90 Å². The van der Waals surface area contributed by atoms with Crippen molar-refractivity contribution in [3.8, 4) is 0 Å². The molecule has 2 saturated heterocycles. The molecular weight excluding hydrogens is 368 g/mol. The molecule has 3 heterocycles. The first-order valence-electron chi connectivity index (χ1n) is 8.63. The molecule has 1 atom stereocenters. The van der Waals surface area contributed by atoms with Crippen LogP contribution in [0.25, 0.3) is 0 Å². The van der Waals surface area contributed by atoms with Crippen molar-refractivity contribution >= 4 is 46.4 Å². The van der Waals surface area contributed by atoms with Crippen LogP contribution in [0.15, 0.2) is 56.4 Å². The summed E-state index contributed by atoms with van der Waals surface area (Å²) < 4.78 is 1.46. The van der Waals surface area contributed by atoms with Crippen molar-refractivity contribution < 1.29 is 4.79 Å². The average Bonchev–Trinajstić information content (AvgIpc) is 3.31. The van der Waals surface area contributed by atoms with Gasteiger partial charge in [0, 0.05) is 15.7 Å². The predicted molar refractivity (Wildman–Crippen MR) is 109 cm³/mol. The minimum absolute atomic E-state index is 0.0264. The molecule has 0 spiro atoms. The van der Waals surface area contributed by atoms with Gasteiger partial charge in [0.2, 0.25) is 5.91 Å². The number of nitrogens with zero attached hydrogens (tertiary/aromatic N) is 2. The Morgan fingerprint density at radius 3 is 2.64 bits per heavy atom. The van der Waals surface area contributed by atoms with Gasteiger partial charge in [0.1, 0.15) is 0 Å². The number of rotatable bonds is 1. The van der Waals surface area contributed by atoms with Crippen LogP contribution in [-0.2, 0) is 4.79 Å². The van der Waals surface area contributed by atoms with Gasteiger partial charge in [-0.1, -0.05) is 42.1 Å². The molecule has 1 aromatic carbocycles. The molecule has 0 bridgehead atoms. The van der Waals surface area contributed by atoms with Gasteiger partial charge in [-0.25, -0.2) is 4.99 Å². The molecular formula is C19H18N2OS3. The van der Waals surface area contributed by atoms with Crippen LogP contribution in [0.2, 0.25) is 0 Å². The van der Waals surface area contributed by atoms with Gasteiger partial charge in [-0.3, -0.25) is 9.69 Å². The Hall–Kier alpha value is -1.11. The highest BCUT2D eigenvalue weighted by atomic mass is 32.2. The van der Waals surface area contributed by atoms with Crippen molar-refractivity contribution in [1.29, 1.82) is 0 Å². The number of fused-ring (bicyclic) bond motifs is 1. The highest BCUT2D eigenvalue weighted by molar-refractivity contribution is 8.25. The molecule has 25 heavy (non-hydrogen) atoms. The summed E-state index contributed by atoms with van der Waals surface area (Å²) in [6.45, 7) is 0. The van der Waals surface area contributed by atoms with Gasteiger partial charge >= 0.3 is 0 Å². The fraction of sp³-hybridized carbons (Fsp3) is 0.368. The second-order valence-electron chi connectivity index (χ2n) is 6.45. The lowest BCUT2D eigenvalue weighted by atomic mass is 9.84. The van der Waals surface area contributed by atoms with Gasteiger partial charge < -0.3 is 0 Å². The largest absolute Gasteiger partial charge is 0.279 e. The van der Waals surface area contributed by atoms with E-state index in [9.17, 15) is 4.79 Å². The van der Waals surface area contributed by atoms with Crippen molar-refractivity contribution in [2.45, 2.75) is 25.3 Å². The van der Waals surface area contributed by atoms with E-state index >= 15 is 0 Å². The standard InChI is InChI=1S/C19H18N2OS3/c22-15-11-25-19-20-16-13(7-4-8-14(16)18-23-9-10-24-18)17(21(15)19)12-5-2-1-3-6-12/h1-3,5-6,17H,4,7-11H2. The first-order valence-corrected chi connectivity index (χ1v) is 11.6. The zero-order valence-electron chi connectivity index (χ0n) is 13.7. The molecule has 0 saturated carbocycles. The number of carbonyl (C=O) groups excluding carboxylic acids is 1. The van der Waals surface area contributed by atoms with Crippen LogP contribution in [-0.4, -0.2) is 33.2 Å². The highest BCUT2D eigenvalue weighted by Crippen LogP contribution is 2.51. The minimum Gasteiger partial charge on any atom is -0.279 e. The SMILES string of the molecule is O=C1CSC2=NC3=C(CCCC3=C3SCCS3)C(c3ccccc3)N12. The minimum atomic E-state index is 0.0264. The van der Waals surface area contributed by atoms with E-state index in [2.05, 4.69) is 24.3 Å². The van der Waals surface area contributed by atoms with Gasteiger partial charge in [0.25, 0.3) is 0 Å². The lowest BCUT2D eigenvalue weighted by molar-refractivity contribution is -0.125. The molecule has 2 fully saturated rings. The van der Waals surface area contributed by atoms with Crippen LogP contribution in [0.4, 0.5) is 0 Å². The lowest BCUT2D eigenvalue weighted by Crippen LogP contribution is -2.38. The molecule has 0 N–H and O–H groups in total. The molecule has 128 valence electrons. The summed E-state index contributed by atoms with van der Waals surface area (Å²) in [5.74, 6) is 3.10. The average molecular weight is 387 g/mol. The summed E-state index contributed by atoms with van der Waals surface area (Å²) in [6, 6.07) is 10.5. The smallest absolute Gasteiger partial charge is 0.239 e. The van der Waals surface area contributed by atoms with Crippen LogP contribution in [0.5, 0.6) is 0 Å². The number of hydrogen-bond donors (Lipinski definition) is 0. The third-order valence-electron chi connectivity index (χ3n) is 4.97. The Labute approximate surface area is 160 Å². The molecule has 4 aliphatic rings. The fourth-order valence-corrected chi connectivity index (χ4v) is 7.44. The Balaban J connectivity index is 1.69. The summed E-state index contributed by atoms with van der Waals surface area (Å²) in [6.07, 6.45) is 3.31. The zero-order valence-corrected chi connectivity index (χ0v) is 16.2. The van der Waals surface area contributed by atoms with Crippen molar-refractivity contribution in [2.24, 2.45) is 4.99 Å². The highest BCUT2D eigenvalue weighted by Gasteiger charge is 2.42. The lowest BCUT2D eigenvalue weighted by Gasteiger charge is -2.37. The number of thioether (sulfide) groups is 3. The second kappa shape index (κ2) is 6.56. The van der Waals surface area contributed by atoms with E-state index in [0.717, 1.165) is 24.4 Å². The number of hydrogen-bond acceptors (Lipinski definition) is 5. The maximum atomic E-state index is 12.6. The normalized spacial score (nSPS) is 26.1. The van der Waals surface area contributed by atoms with E-state index in [1.165, 1.54) is 38.1 Å². The topological polar surface area (TPSA) is 32.7 Å². The van der Waals surface area contributed by atoms with Crippen molar-refractivity contribution in [3.63, 3.8) is 0 Å². The van der Waals surface area contributed by atoms with Crippen LogP contribution in [0.1, 0.15) is 30.9 Å². The second-order valence-corrected chi connectivity index (χ2v) is 9.86. The Morgan fingerprint density at radius 1 is 1.04 bits per heavy atom. The molecule has 3 aliphatic heterocycles. The van der Waals surface area contributed by atoms with Gasteiger partial charge in [0.05, 0.1) is 17.5 Å². The van der Waals surface area contributed by atoms with E-state index in [0.29, 0.717) is 5.75 Å². The number of aliphatic imine (C=N–C) groups is 1. The molecule has 1 amide bonds. The van der Waals surface area contributed by atoms with Gasteiger partial charge in [-0.05, 0) is 36.0 Å². The Bertz CT molecular complexity index is 820. The third-order valence-corrected chi connectivity index (χ3v) is 8.71. The van der Waals surface area contributed by atoms with E-state index < -0.39 is 0 Å². The number of benzene rings is 1. The van der Waals surface area contributed by atoms with Gasteiger partial charge in [0.15, 0.2) is 5.17 Å². The molecule has 1 aliphatic carbocycles. The fourth-order valence-electron chi connectivity index (χ4n) is 3.92. The molecule has 0 aromatic heterocycles. The summed E-state index contributed by atoms with van der Waals surface area (Å²) in [7, 11) is 0. The van der Waals surface area contributed by atoms with E-state index in [4.69, 9.17) is 4.99 Å². The van der Waals surface area contributed by atoms with E-state index in [-0.39, 0.29) is 11.9 Å². The molecule has 6 heteroatoms. The van der Waals surface area contributed by atoms with Crippen LogP contribution >= 0.6 is 35.3 Å². The van der Waals surface area contributed by atoms with E-state index in [1.54, 1.807) is 11.8 Å². The number of amidine groups is 1. The number of carbonyl (C=O) groups is 1. The van der Waals surface area contributed by atoms with Crippen LogP contribution in [0.3, 0.4) is 0 Å². The Morgan fingerprint density at radius 2 is 1.84 bits per heavy atom. The van der Waals surface area contributed by atoms with Crippen molar-refractivity contribution in [2.75, 3.05) is 17.3 Å². The molecule has 3 nitrogen and oxygen atoms in total. The summed E-state index contributed by atoms with van der Waals surface area (Å²) in [5.41, 5.74) is 5.16. The zero-order chi connectivity index (χ0) is 16.8. The first kappa shape index (κ1) is 16.1. The van der Waals surface area contributed by atoms with Gasteiger partial charge in [-0.2, -0.15) is 0 Å². The maximum absolute atomic E-state index is 12.6. The third kappa shape index (κ3) is 2.69. The predicted octanol–water partition coefficient (Wildman–Crippen LogP) is 4.80. The molecule has 5 rings (SSSR count). The number of allylic oxidation sites excluding steroid dienone is 1. The van der Waals surface area contributed by atoms with Crippen molar-refractivity contribution in [3.05, 3.63) is 57.0 Å². The molecule has 1 aromatic rings. The summed E-state index contributed by atoms with van der Waals surface area (Å²) in [5, 5.41) is 0.894. The monoisotopic (exact) mass is 386 g/mol. The number of amides is 1. The van der Waals surface area contributed by atoms with Crippen LogP contribution < -0.4 is 0 Å². The first-order chi connectivity index (χ1) is 12.3. The summed E-state index contributed by atoms with van der Waals surface area (Å²) in [4.78, 5) is 19.5. The summed E-state index contributed by atoms with van der Waals surface area (Å²) >= 11 is 5.55. The molecule has 1 unspecified atom stereocenters. The molecule has 0 radical (unpaired) electrons. The van der Waals surface area contributed by atoms with E-state index in [1.807, 2.05) is 34.5 Å². The quantitative estimate of drug-likeness (QED) is 0.694. The van der Waals surface area contributed by atoms with Gasteiger partial charge in [-0.15, -0.1) is 23.5 Å². The maximum Gasteiger partial charge on any atom is 0.239 e. The Kier molecular flexibility index (Phi) is 4.22.